The molecule has 1 aliphatic carbocycles. The average molecular weight is 246 g/mol. The number of likely N-dealkylation sites (N-methyl/N-ethyl adjacent to an activating group) is 2. The third-order valence-corrected chi connectivity index (χ3v) is 4.25. The van der Waals surface area contributed by atoms with E-state index in [1.807, 2.05) is 19.2 Å². The number of hydrogen-bond acceptors (Lipinski definition) is 3. The van der Waals surface area contributed by atoms with E-state index >= 15 is 0 Å². The molecule has 4 heteroatoms. The third kappa shape index (κ3) is 1.41. The highest BCUT2D eigenvalue weighted by atomic mass is 16.4. The molecule has 0 bridgehead atoms. The molecule has 96 valence electrons. The van der Waals surface area contributed by atoms with E-state index in [0.717, 1.165) is 42.9 Å². The maximum Gasteiger partial charge on any atom is 0.314 e. The Kier molecular flexibility index (Phi) is 2.30. The highest BCUT2D eigenvalue weighted by Gasteiger charge is 2.53. The van der Waals surface area contributed by atoms with Gasteiger partial charge in [0, 0.05) is 27.2 Å². The molecule has 1 N–H and O–H groups in total. The van der Waals surface area contributed by atoms with E-state index < -0.39 is 11.4 Å². The first kappa shape index (κ1) is 11.4. The molecular weight excluding hydrogens is 228 g/mol. The maximum absolute atomic E-state index is 11.5. The Labute approximate surface area is 107 Å². The molecule has 1 aliphatic heterocycles. The Bertz CT molecular complexity index is 509. The molecule has 1 aromatic carbocycles. The number of fused-ring (bicyclic) bond motifs is 1. The van der Waals surface area contributed by atoms with E-state index in [0.29, 0.717) is 0 Å². The zero-order valence-corrected chi connectivity index (χ0v) is 10.8. The molecule has 0 amide bonds. The second-order valence-electron chi connectivity index (χ2n) is 5.40. The van der Waals surface area contributed by atoms with Gasteiger partial charge in [-0.3, -0.25) is 4.79 Å². The number of carboxylic acid groups (broad SMARTS) is 1. The largest absolute Gasteiger partial charge is 0.481 e. The van der Waals surface area contributed by atoms with E-state index in [9.17, 15) is 9.90 Å². The van der Waals surface area contributed by atoms with Crippen LogP contribution in [0.3, 0.4) is 0 Å². The van der Waals surface area contributed by atoms with Crippen LogP contribution in [0.25, 0.3) is 0 Å². The van der Waals surface area contributed by atoms with Crippen LogP contribution in [0.4, 0.5) is 11.4 Å². The summed E-state index contributed by atoms with van der Waals surface area (Å²) >= 11 is 0. The Balaban J connectivity index is 2.17. The van der Waals surface area contributed by atoms with Gasteiger partial charge >= 0.3 is 5.97 Å². The van der Waals surface area contributed by atoms with E-state index in [1.165, 1.54) is 0 Å². The summed E-state index contributed by atoms with van der Waals surface area (Å²) in [5.41, 5.74) is 2.61. The van der Waals surface area contributed by atoms with E-state index in [-0.39, 0.29) is 0 Å². The maximum atomic E-state index is 11.5. The predicted molar refractivity (Wildman–Crippen MR) is 71.5 cm³/mol. The lowest BCUT2D eigenvalue weighted by atomic mass is 9.92. The summed E-state index contributed by atoms with van der Waals surface area (Å²) < 4.78 is 0. The minimum absolute atomic E-state index is 0.627. The molecule has 0 unspecified atom stereocenters. The van der Waals surface area contributed by atoms with Crippen LogP contribution in [0.2, 0.25) is 0 Å². The number of hydrogen-bond donors (Lipinski definition) is 1. The van der Waals surface area contributed by atoms with Gasteiger partial charge in [0.25, 0.3) is 0 Å². The van der Waals surface area contributed by atoms with Crippen LogP contribution in [-0.4, -0.2) is 38.3 Å². The van der Waals surface area contributed by atoms with E-state index in [4.69, 9.17) is 0 Å². The van der Waals surface area contributed by atoms with Crippen LogP contribution < -0.4 is 9.80 Å². The second kappa shape index (κ2) is 3.64. The van der Waals surface area contributed by atoms with Crippen molar-refractivity contribution in [2.24, 2.45) is 0 Å². The Morgan fingerprint density at radius 3 is 2.50 bits per heavy atom. The zero-order valence-electron chi connectivity index (χ0n) is 10.8. The minimum atomic E-state index is -0.683. The molecule has 0 radical (unpaired) electrons. The van der Waals surface area contributed by atoms with Crippen molar-refractivity contribution >= 4 is 17.3 Å². The summed E-state index contributed by atoms with van der Waals surface area (Å²) in [5.74, 6) is -0.683. The van der Waals surface area contributed by atoms with Crippen LogP contribution in [0.15, 0.2) is 18.2 Å². The van der Waals surface area contributed by atoms with Crippen molar-refractivity contribution in [3.63, 3.8) is 0 Å². The molecule has 1 fully saturated rings. The topological polar surface area (TPSA) is 43.8 Å². The third-order valence-electron chi connectivity index (χ3n) is 4.25. The number of para-hydroxylation sites is 1. The van der Waals surface area contributed by atoms with Crippen LogP contribution in [0.5, 0.6) is 0 Å². The smallest absolute Gasteiger partial charge is 0.314 e. The molecule has 1 aromatic rings. The first-order chi connectivity index (χ1) is 8.56. The minimum Gasteiger partial charge on any atom is -0.481 e. The summed E-state index contributed by atoms with van der Waals surface area (Å²) in [6.45, 7) is 1.92. The lowest BCUT2D eigenvalue weighted by Gasteiger charge is -2.37. The molecule has 0 saturated heterocycles. The second-order valence-corrected chi connectivity index (χ2v) is 5.40. The zero-order chi connectivity index (χ0) is 12.9. The Hall–Kier alpha value is -1.71. The van der Waals surface area contributed by atoms with Crippen molar-refractivity contribution in [3.8, 4) is 0 Å². The quantitative estimate of drug-likeness (QED) is 0.862. The van der Waals surface area contributed by atoms with Gasteiger partial charge in [0.15, 0.2) is 0 Å². The van der Waals surface area contributed by atoms with Gasteiger partial charge < -0.3 is 14.9 Å². The Morgan fingerprint density at radius 1 is 1.22 bits per heavy atom. The lowest BCUT2D eigenvalue weighted by Crippen LogP contribution is -2.38. The summed E-state index contributed by atoms with van der Waals surface area (Å²) in [6, 6.07) is 6.04. The van der Waals surface area contributed by atoms with Crippen molar-refractivity contribution in [1.82, 2.24) is 0 Å². The fourth-order valence-electron chi connectivity index (χ4n) is 2.88. The highest BCUT2D eigenvalue weighted by Crippen LogP contribution is 2.53. The SMILES string of the molecule is CN1CCN(C)c2c1cccc2C1(C(=O)O)CC1. The van der Waals surface area contributed by atoms with Gasteiger partial charge in [-0.25, -0.2) is 0 Å². The van der Waals surface area contributed by atoms with Crippen molar-refractivity contribution in [3.05, 3.63) is 23.8 Å². The molecule has 0 spiro atoms. The fourth-order valence-corrected chi connectivity index (χ4v) is 2.88. The standard InChI is InChI=1S/C14H18N2O2/c1-15-8-9-16(2)12-10(4-3-5-11(12)15)14(6-7-14)13(17)18/h3-5H,6-9H2,1-2H3,(H,17,18). The molecule has 3 rings (SSSR count). The average Bonchev–Trinajstić information content (AvgIpc) is 3.15. The summed E-state index contributed by atoms with van der Waals surface area (Å²) in [5, 5.41) is 9.48. The first-order valence-electron chi connectivity index (χ1n) is 6.35. The highest BCUT2D eigenvalue weighted by molar-refractivity contribution is 5.90. The summed E-state index contributed by atoms with van der Waals surface area (Å²) in [7, 11) is 4.11. The van der Waals surface area contributed by atoms with E-state index in [1.54, 1.807) is 0 Å². The van der Waals surface area contributed by atoms with Crippen LogP contribution in [-0.2, 0) is 10.2 Å². The monoisotopic (exact) mass is 246 g/mol. The van der Waals surface area contributed by atoms with Crippen molar-refractivity contribution in [2.75, 3.05) is 37.0 Å². The van der Waals surface area contributed by atoms with Gasteiger partial charge in [0.05, 0.1) is 16.8 Å². The normalized spacial score (nSPS) is 20.6. The van der Waals surface area contributed by atoms with Gasteiger partial charge in [0.1, 0.15) is 0 Å². The molecule has 18 heavy (non-hydrogen) atoms. The van der Waals surface area contributed by atoms with E-state index in [2.05, 4.69) is 22.9 Å². The Morgan fingerprint density at radius 2 is 1.89 bits per heavy atom. The predicted octanol–water partition coefficient (Wildman–Crippen LogP) is 1.69. The number of rotatable bonds is 2. The molecule has 0 aromatic heterocycles. The molecule has 2 aliphatic rings. The number of anilines is 2. The lowest BCUT2D eigenvalue weighted by molar-refractivity contribution is -0.140. The molecular formula is C14H18N2O2. The molecule has 0 atom stereocenters. The number of benzene rings is 1. The van der Waals surface area contributed by atoms with Crippen molar-refractivity contribution < 1.29 is 9.90 Å². The fraction of sp³-hybridized carbons (Fsp3) is 0.500. The van der Waals surface area contributed by atoms with Gasteiger partial charge in [-0.2, -0.15) is 0 Å². The van der Waals surface area contributed by atoms with Crippen molar-refractivity contribution in [2.45, 2.75) is 18.3 Å². The first-order valence-corrected chi connectivity index (χ1v) is 6.35. The van der Waals surface area contributed by atoms with Crippen LogP contribution in [0, 0.1) is 0 Å². The van der Waals surface area contributed by atoms with Gasteiger partial charge in [-0.1, -0.05) is 12.1 Å². The van der Waals surface area contributed by atoms with Gasteiger partial charge in [-0.05, 0) is 24.5 Å². The summed E-state index contributed by atoms with van der Waals surface area (Å²) in [6.07, 6.45) is 1.52. The van der Waals surface area contributed by atoms with Crippen LogP contribution >= 0.6 is 0 Å². The number of aliphatic carboxylic acids is 1. The molecule has 1 heterocycles. The molecule has 1 saturated carbocycles. The summed E-state index contributed by atoms with van der Waals surface area (Å²) in [4.78, 5) is 15.9. The molecule has 4 nitrogen and oxygen atoms in total. The van der Waals surface area contributed by atoms with Gasteiger partial charge in [-0.15, -0.1) is 0 Å². The number of carbonyl (C=O) groups is 1. The van der Waals surface area contributed by atoms with Crippen LogP contribution in [0.1, 0.15) is 18.4 Å². The number of carboxylic acids is 1. The number of nitrogens with zero attached hydrogens (tertiary/aromatic N) is 2. The van der Waals surface area contributed by atoms with Gasteiger partial charge in [0.2, 0.25) is 0 Å². The van der Waals surface area contributed by atoms with Crippen molar-refractivity contribution in [1.29, 1.82) is 0 Å².